The average molecular weight is 821 g/mol. The third-order valence-electron chi connectivity index (χ3n) is 4.76. The molecule has 1 aliphatic carbocycles. The van der Waals surface area contributed by atoms with Crippen LogP contribution in [-0.4, -0.2) is 92.7 Å². The predicted molar refractivity (Wildman–Crippen MR) is 254 cm³/mol. The lowest BCUT2D eigenvalue weighted by Crippen LogP contribution is -2.15. The second-order valence-corrected chi connectivity index (χ2v) is 21.1. The van der Waals surface area contributed by atoms with Crippen molar-refractivity contribution in [3.63, 3.8) is 0 Å². The summed E-state index contributed by atoms with van der Waals surface area (Å²) in [6.45, 7) is 57.7. The molecule has 0 radical (unpaired) electrons. The number of methoxy groups -OCH3 is 2. The summed E-state index contributed by atoms with van der Waals surface area (Å²) >= 11 is 0. The Morgan fingerprint density at radius 3 is 0.661 bits per heavy atom. The van der Waals surface area contributed by atoms with Crippen molar-refractivity contribution in [2.75, 3.05) is 14.2 Å². The largest absolute Gasteiger partial charge is 0.394 e. The Bertz CT molecular complexity index is 549. The molecule has 8 nitrogen and oxygen atoms in total. The van der Waals surface area contributed by atoms with Crippen molar-refractivity contribution < 1.29 is 40.1 Å². The first-order valence-corrected chi connectivity index (χ1v) is 21.5. The summed E-state index contributed by atoms with van der Waals surface area (Å²) in [4.78, 5) is 0. The summed E-state index contributed by atoms with van der Waals surface area (Å²) in [6, 6.07) is 0. The van der Waals surface area contributed by atoms with Crippen molar-refractivity contribution in [1.29, 1.82) is 0 Å². The lowest BCUT2D eigenvalue weighted by Gasteiger charge is -2.14. The molecule has 0 aromatic rings. The molecule has 0 amide bonds. The zero-order valence-corrected chi connectivity index (χ0v) is 44.5. The molecule has 0 heterocycles. The Balaban J connectivity index is -0.0000000521. The van der Waals surface area contributed by atoms with Crippen molar-refractivity contribution in [2.24, 2.45) is 28.6 Å². The molecule has 0 spiro atoms. The van der Waals surface area contributed by atoms with Gasteiger partial charge in [0.15, 0.2) is 0 Å². The Morgan fingerprint density at radius 2 is 0.661 bits per heavy atom. The molecular formula is C48H116O8. The molecule has 0 saturated heterocycles. The highest BCUT2D eigenvalue weighted by Gasteiger charge is 2.25. The van der Waals surface area contributed by atoms with E-state index in [1.54, 1.807) is 76.5 Å². The Morgan fingerprint density at radius 1 is 0.518 bits per heavy atom. The predicted octanol–water partition coefficient (Wildman–Crippen LogP) is 12.8. The molecule has 3 atom stereocenters. The number of hydrogen-bond donors (Lipinski definition) is 6. The van der Waals surface area contributed by atoms with E-state index in [1.165, 1.54) is 19.3 Å². The molecule has 6 N–H and O–H groups in total. The second kappa shape index (κ2) is 49.0. The van der Waals surface area contributed by atoms with Gasteiger partial charge in [-0.05, 0) is 152 Å². The summed E-state index contributed by atoms with van der Waals surface area (Å²) in [5, 5.41) is 50.3. The Labute approximate surface area is 356 Å². The summed E-state index contributed by atoms with van der Waals surface area (Å²) < 4.78 is 9.69. The van der Waals surface area contributed by atoms with Gasteiger partial charge in [0.2, 0.25) is 0 Å². The molecule has 0 aromatic heterocycles. The second-order valence-electron chi connectivity index (χ2n) is 21.1. The Hall–Kier alpha value is -0.320. The van der Waals surface area contributed by atoms with Gasteiger partial charge < -0.3 is 40.1 Å². The molecule has 0 aliphatic heterocycles. The lowest BCUT2D eigenvalue weighted by molar-refractivity contribution is 0.0397. The highest BCUT2D eigenvalue weighted by Crippen LogP contribution is 2.31. The van der Waals surface area contributed by atoms with E-state index in [-0.39, 0.29) is 36.1 Å². The summed E-state index contributed by atoms with van der Waals surface area (Å²) in [5.41, 5.74) is 0.542. The quantitative estimate of drug-likeness (QED) is 0.161. The minimum Gasteiger partial charge on any atom is -0.394 e. The minimum atomic E-state index is -0.500. The highest BCUT2D eigenvalue weighted by molar-refractivity contribution is 4.77. The SMILES string of the molecule is CC(C)(C)C.CC(C)(C)C.CC(C)(C)O.CC(C)O.CC(C)O.CC(C)[C@H](C)O.CCC(C)C.CC[C@H](C)O.COC(C)(C)C.COC(C)C.C[C@H](O)C1CC1. The number of aliphatic hydroxyl groups excluding tert-OH is 5. The van der Waals surface area contributed by atoms with E-state index >= 15 is 0 Å². The van der Waals surface area contributed by atoms with Crippen LogP contribution in [0.5, 0.6) is 0 Å². The van der Waals surface area contributed by atoms with Crippen LogP contribution in [0, 0.1) is 28.6 Å². The molecule has 1 saturated carbocycles. The molecule has 1 aliphatic rings. The number of hydrogen-bond acceptors (Lipinski definition) is 8. The van der Waals surface area contributed by atoms with Gasteiger partial charge in [0.1, 0.15) is 0 Å². The summed E-state index contributed by atoms with van der Waals surface area (Å²) in [7, 11) is 3.41. The molecule has 356 valence electrons. The molecule has 1 rings (SSSR count). The van der Waals surface area contributed by atoms with Crippen LogP contribution < -0.4 is 0 Å². The van der Waals surface area contributed by atoms with Gasteiger partial charge in [0, 0.05) is 26.4 Å². The first-order valence-electron chi connectivity index (χ1n) is 21.5. The Kier molecular flexibility index (Phi) is 69.9. The molecule has 0 aromatic carbocycles. The summed E-state index contributed by atoms with van der Waals surface area (Å²) in [5.74, 6) is 1.95. The molecule has 0 unspecified atom stereocenters. The topological polar surface area (TPSA) is 140 Å². The van der Waals surface area contributed by atoms with Crippen molar-refractivity contribution in [3.8, 4) is 0 Å². The van der Waals surface area contributed by atoms with Crippen LogP contribution in [0.3, 0.4) is 0 Å². The van der Waals surface area contributed by atoms with Gasteiger partial charge in [-0.25, -0.2) is 0 Å². The molecular weight excluding hydrogens is 705 g/mol. The van der Waals surface area contributed by atoms with Gasteiger partial charge in [-0.15, -0.1) is 0 Å². The van der Waals surface area contributed by atoms with Crippen LogP contribution in [0.15, 0.2) is 0 Å². The first-order chi connectivity index (χ1) is 24.3. The van der Waals surface area contributed by atoms with E-state index in [0.29, 0.717) is 28.8 Å². The van der Waals surface area contributed by atoms with Crippen LogP contribution >= 0.6 is 0 Å². The number of ether oxygens (including phenoxy) is 2. The monoisotopic (exact) mass is 821 g/mol. The van der Waals surface area contributed by atoms with Crippen molar-refractivity contribution in [2.45, 2.75) is 274 Å². The van der Waals surface area contributed by atoms with E-state index < -0.39 is 5.60 Å². The fraction of sp³-hybridized carbons (Fsp3) is 1.00. The van der Waals surface area contributed by atoms with Crippen LogP contribution in [0.4, 0.5) is 0 Å². The first kappa shape index (κ1) is 79.8. The third kappa shape index (κ3) is 385. The van der Waals surface area contributed by atoms with Gasteiger partial charge in [0.05, 0.1) is 35.6 Å². The zero-order valence-electron chi connectivity index (χ0n) is 44.5. The van der Waals surface area contributed by atoms with Gasteiger partial charge in [-0.1, -0.05) is 103 Å². The third-order valence-corrected chi connectivity index (χ3v) is 4.76. The van der Waals surface area contributed by atoms with Crippen molar-refractivity contribution in [1.82, 2.24) is 0 Å². The van der Waals surface area contributed by atoms with Crippen LogP contribution in [0.2, 0.25) is 0 Å². The fourth-order valence-corrected chi connectivity index (χ4v) is 0.579. The fourth-order valence-electron chi connectivity index (χ4n) is 0.579. The summed E-state index contributed by atoms with van der Waals surface area (Å²) in [6.07, 6.45) is 4.41. The highest BCUT2D eigenvalue weighted by atomic mass is 16.5. The molecule has 1 fully saturated rings. The number of rotatable bonds is 5. The number of aliphatic hydroxyl groups is 6. The van der Waals surface area contributed by atoms with Crippen molar-refractivity contribution in [3.05, 3.63) is 0 Å². The molecule has 0 bridgehead atoms. The van der Waals surface area contributed by atoms with E-state index in [9.17, 15) is 0 Å². The van der Waals surface area contributed by atoms with Gasteiger partial charge >= 0.3 is 0 Å². The van der Waals surface area contributed by atoms with Crippen LogP contribution in [-0.2, 0) is 9.47 Å². The maximum Gasteiger partial charge on any atom is 0.0594 e. The average Bonchev–Trinajstić information content (AvgIpc) is 3.77. The van der Waals surface area contributed by atoms with Gasteiger partial charge in [-0.2, -0.15) is 0 Å². The van der Waals surface area contributed by atoms with Gasteiger partial charge in [0.25, 0.3) is 0 Å². The maximum absolute atomic E-state index is 8.69. The van der Waals surface area contributed by atoms with Crippen LogP contribution in [0.1, 0.15) is 226 Å². The van der Waals surface area contributed by atoms with Crippen molar-refractivity contribution >= 4 is 0 Å². The van der Waals surface area contributed by atoms with E-state index in [2.05, 4.69) is 76.2 Å². The normalized spacial score (nSPS) is 13.4. The minimum absolute atomic E-state index is 0.0370. The molecule has 8 heteroatoms. The lowest BCUT2D eigenvalue weighted by atomic mass is 10.0. The molecule has 56 heavy (non-hydrogen) atoms. The zero-order chi connectivity index (χ0) is 48.4. The van der Waals surface area contributed by atoms with Crippen LogP contribution in [0.25, 0.3) is 0 Å². The van der Waals surface area contributed by atoms with Gasteiger partial charge in [-0.3, -0.25) is 0 Å². The van der Waals surface area contributed by atoms with E-state index in [1.807, 2.05) is 62.3 Å². The van der Waals surface area contributed by atoms with E-state index in [4.69, 9.17) is 40.1 Å². The standard InChI is InChI=1S/C5H10O.2C5H12O.3C5H12.3C4H10O.2C3H8O/c1-4(6)5-2-3-5;1-5(2,3)6-4;1-4(2)5(3)6;2*1-5(2,3)4;1-4-5(2)3;1-4(2)5-3;1-4(2,3)5;1-3-4(2)5;2*1-3(2)4/h4-6H,2-3H2,1H3;1-4H3;4-6H,1-3H3;2*1-4H3;5H,4H2,1-3H3;4H,1-3H3;5H,1-3H3;4-5H,3H2,1-2H3;2*3-4H,1-2H3/t4-;;5-;;;;;;4-;;/m0.0.....0../s1. The maximum atomic E-state index is 8.69. The van der Waals surface area contributed by atoms with E-state index in [0.717, 1.165) is 12.3 Å². The smallest absolute Gasteiger partial charge is 0.0594 e.